The second-order valence-electron chi connectivity index (χ2n) is 4.88. The second-order valence-corrected chi connectivity index (χ2v) is 5.96. The first-order chi connectivity index (χ1) is 11.6. The quantitative estimate of drug-likeness (QED) is 0.538. The van der Waals surface area contributed by atoms with Gasteiger partial charge in [0.25, 0.3) is 0 Å². The average Bonchev–Trinajstić information content (AvgIpc) is 3.19. The van der Waals surface area contributed by atoms with E-state index >= 15 is 0 Å². The predicted octanol–water partition coefficient (Wildman–Crippen LogP) is 2.93. The molecule has 0 aliphatic rings. The van der Waals surface area contributed by atoms with Crippen molar-refractivity contribution >= 4 is 23.4 Å². The number of thiophene rings is 1. The molecular weight excluding hydrogens is 331 g/mol. The maximum absolute atomic E-state index is 13.1. The maximum atomic E-state index is 13.1. The number of aromatic nitrogens is 4. The number of carbonyl (C=O) groups is 1. The number of halogens is 1. The van der Waals surface area contributed by atoms with Crippen LogP contribution in [0.15, 0.2) is 36.4 Å². The molecule has 3 rings (SSSR count). The molecule has 2 heterocycles. The molecule has 0 bridgehead atoms. The van der Waals surface area contributed by atoms with Gasteiger partial charge in [0.2, 0.25) is 0 Å². The lowest BCUT2D eigenvalue weighted by Crippen LogP contribution is -1.95. The first-order valence-electron chi connectivity index (χ1n) is 6.97. The Bertz CT molecular complexity index is 899. The van der Waals surface area contributed by atoms with E-state index in [2.05, 4.69) is 20.3 Å². The van der Waals surface area contributed by atoms with Crippen LogP contribution in [-0.2, 0) is 16.6 Å². The molecule has 0 aliphatic heterocycles. The number of methoxy groups -OCH3 is 1. The number of tetrazole rings is 1. The molecule has 1 aromatic carbocycles. The zero-order valence-corrected chi connectivity index (χ0v) is 13.7. The SMILES string of the molecule is COC(=O)/C=C/c1sc(-c2ccc(F)cc2)cc1-c1nnnn1C. The molecule has 24 heavy (non-hydrogen) atoms. The Morgan fingerprint density at radius 3 is 2.71 bits per heavy atom. The Hall–Kier alpha value is -2.87. The van der Waals surface area contributed by atoms with Crippen LogP contribution in [0.2, 0.25) is 0 Å². The van der Waals surface area contributed by atoms with Crippen molar-refractivity contribution in [2.75, 3.05) is 7.11 Å². The lowest BCUT2D eigenvalue weighted by molar-refractivity contribution is -0.134. The van der Waals surface area contributed by atoms with Gasteiger partial charge in [0, 0.05) is 28.4 Å². The van der Waals surface area contributed by atoms with E-state index < -0.39 is 5.97 Å². The van der Waals surface area contributed by atoms with Gasteiger partial charge in [-0.3, -0.25) is 0 Å². The molecule has 0 N–H and O–H groups in total. The number of esters is 1. The molecule has 8 heteroatoms. The van der Waals surface area contributed by atoms with Gasteiger partial charge in [0.15, 0.2) is 5.82 Å². The first-order valence-corrected chi connectivity index (χ1v) is 7.78. The topological polar surface area (TPSA) is 69.9 Å². The fourth-order valence-corrected chi connectivity index (χ4v) is 3.19. The zero-order chi connectivity index (χ0) is 17.1. The summed E-state index contributed by atoms with van der Waals surface area (Å²) in [6.07, 6.45) is 3.00. The van der Waals surface area contributed by atoms with Crippen LogP contribution in [0, 0.1) is 5.82 Å². The van der Waals surface area contributed by atoms with E-state index in [-0.39, 0.29) is 5.82 Å². The van der Waals surface area contributed by atoms with E-state index in [1.54, 1.807) is 29.9 Å². The Balaban J connectivity index is 2.08. The number of ether oxygens (including phenoxy) is 1. The summed E-state index contributed by atoms with van der Waals surface area (Å²) in [5.41, 5.74) is 1.66. The average molecular weight is 344 g/mol. The lowest BCUT2D eigenvalue weighted by Gasteiger charge is -1.97. The van der Waals surface area contributed by atoms with Crippen molar-refractivity contribution < 1.29 is 13.9 Å². The van der Waals surface area contributed by atoms with Gasteiger partial charge in [-0.2, -0.15) is 0 Å². The Morgan fingerprint density at radius 2 is 2.08 bits per heavy atom. The molecule has 0 atom stereocenters. The summed E-state index contributed by atoms with van der Waals surface area (Å²) in [6.45, 7) is 0. The van der Waals surface area contributed by atoms with Crippen LogP contribution in [0.1, 0.15) is 4.88 Å². The molecule has 3 aromatic rings. The minimum Gasteiger partial charge on any atom is -0.466 e. The van der Waals surface area contributed by atoms with Gasteiger partial charge >= 0.3 is 5.97 Å². The van der Waals surface area contributed by atoms with Crippen molar-refractivity contribution in [3.8, 4) is 21.8 Å². The van der Waals surface area contributed by atoms with Crippen LogP contribution in [0.4, 0.5) is 4.39 Å². The highest BCUT2D eigenvalue weighted by molar-refractivity contribution is 7.16. The molecule has 0 unspecified atom stereocenters. The summed E-state index contributed by atoms with van der Waals surface area (Å²) in [6, 6.07) is 8.13. The smallest absolute Gasteiger partial charge is 0.330 e. The van der Waals surface area contributed by atoms with E-state index in [4.69, 9.17) is 0 Å². The summed E-state index contributed by atoms with van der Waals surface area (Å²) >= 11 is 1.45. The molecule has 0 radical (unpaired) electrons. The third kappa shape index (κ3) is 3.23. The van der Waals surface area contributed by atoms with E-state index in [9.17, 15) is 9.18 Å². The monoisotopic (exact) mass is 344 g/mol. The van der Waals surface area contributed by atoms with E-state index in [0.29, 0.717) is 5.82 Å². The van der Waals surface area contributed by atoms with Crippen LogP contribution >= 0.6 is 11.3 Å². The number of nitrogens with zero attached hydrogens (tertiary/aromatic N) is 4. The number of carbonyl (C=O) groups excluding carboxylic acids is 1. The second kappa shape index (κ2) is 6.71. The van der Waals surface area contributed by atoms with Gasteiger partial charge in [-0.1, -0.05) is 12.1 Å². The molecular formula is C16H13FN4O2S. The first kappa shape index (κ1) is 16.0. The summed E-state index contributed by atoms with van der Waals surface area (Å²) < 4.78 is 19.3. The van der Waals surface area contributed by atoms with Crippen molar-refractivity contribution in [3.63, 3.8) is 0 Å². The molecule has 0 spiro atoms. The predicted molar refractivity (Wildman–Crippen MR) is 88.6 cm³/mol. The third-order valence-corrected chi connectivity index (χ3v) is 4.47. The number of benzene rings is 1. The van der Waals surface area contributed by atoms with E-state index in [0.717, 1.165) is 20.9 Å². The van der Waals surface area contributed by atoms with Crippen molar-refractivity contribution in [1.29, 1.82) is 0 Å². The Morgan fingerprint density at radius 1 is 1.33 bits per heavy atom. The zero-order valence-electron chi connectivity index (χ0n) is 12.9. The van der Waals surface area contributed by atoms with Crippen molar-refractivity contribution in [2.24, 2.45) is 7.05 Å². The molecule has 0 saturated carbocycles. The fraction of sp³-hybridized carbons (Fsp3) is 0.125. The highest BCUT2D eigenvalue weighted by Gasteiger charge is 2.15. The normalized spacial score (nSPS) is 11.1. The molecule has 6 nitrogen and oxygen atoms in total. The molecule has 2 aromatic heterocycles. The van der Waals surface area contributed by atoms with Crippen LogP contribution in [0.25, 0.3) is 27.9 Å². The third-order valence-electron chi connectivity index (χ3n) is 3.32. The summed E-state index contributed by atoms with van der Waals surface area (Å²) in [5, 5.41) is 11.5. The van der Waals surface area contributed by atoms with Crippen molar-refractivity contribution in [2.45, 2.75) is 0 Å². The Kier molecular flexibility index (Phi) is 4.48. The molecule has 0 amide bonds. The number of hydrogen-bond acceptors (Lipinski definition) is 6. The van der Waals surface area contributed by atoms with E-state index in [1.165, 1.54) is 36.7 Å². The van der Waals surface area contributed by atoms with Crippen LogP contribution in [0.3, 0.4) is 0 Å². The molecule has 0 saturated heterocycles. The highest BCUT2D eigenvalue weighted by Crippen LogP contribution is 2.37. The minimum atomic E-state index is -0.450. The maximum Gasteiger partial charge on any atom is 0.330 e. The fourth-order valence-electron chi connectivity index (χ4n) is 2.13. The van der Waals surface area contributed by atoms with Gasteiger partial charge in [-0.15, -0.1) is 16.4 Å². The highest BCUT2D eigenvalue weighted by atomic mass is 32.1. The molecule has 0 fully saturated rings. The molecule has 0 aliphatic carbocycles. The van der Waals surface area contributed by atoms with Gasteiger partial charge in [-0.05, 0) is 40.3 Å². The lowest BCUT2D eigenvalue weighted by atomic mass is 10.1. The minimum absolute atomic E-state index is 0.293. The summed E-state index contributed by atoms with van der Waals surface area (Å²) in [4.78, 5) is 13.1. The van der Waals surface area contributed by atoms with Crippen LogP contribution in [0.5, 0.6) is 0 Å². The molecule has 122 valence electrons. The van der Waals surface area contributed by atoms with Gasteiger partial charge in [-0.25, -0.2) is 13.9 Å². The Labute approximate surface area is 141 Å². The van der Waals surface area contributed by atoms with Crippen molar-refractivity contribution in [1.82, 2.24) is 20.2 Å². The van der Waals surface area contributed by atoms with Gasteiger partial charge < -0.3 is 4.74 Å². The summed E-state index contributed by atoms with van der Waals surface area (Å²) in [5.74, 6) is -0.170. The van der Waals surface area contributed by atoms with Gasteiger partial charge in [0.1, 0.15) is 5.82 Å². The van der Waals surface area contributed by atoms with E-state index in [1.807, 2.05) is 6.07 Å². The van der Waals surface area contributed by atoms with Crippen LogP contribution in [-0.4, -0.2) is 33.3 Å². The van der Waals surface area contributed by atoms with Crippen molar-refractivity contribution in [3.05, 3.63) is 47.1 Å². The number of aryl methyl sites for hydroxylation is 1. The number of rotatable bonds is 4. The standard InChI is InChI=1S/C16H13FN4O2S/c1-21-16(18-19-20-21)12-9-14(10-3-5-11(17)6-4-10)24-13(12)7-8-15(22)23-2/h3-9H,1-2H3/b8-7+. The largest absolute Gasteiger partial charge is 0.466 e. The van der Waals surface area contributed by atoms with Crippen LogP contribution < -0.4 is 0 Å². The number of hydrogen-bond donors (Lipinski definition) is 0. The van der Waals surface area contributed by atoms with Gasteiger partial charge in [0.05, 0.1) is 7.11 Å². The summed E-state index contributed by atoms with van der Waals surface area (Å²) in [7, 11) is 3.05.